The van der Waals surface area contributed by atoms with Gasteiger partial charge in [0.1, 0.15) is 0 Å². The van der Waals surface area contributed by atoms with Crippen LogP contribution in [0.15, 0.2) is 376 Å². The predicted molar refractivity (Wildman–Crippen MR) is 473 cm³/mol. The summed E-state index contributed by atoms with van der Waals surface area (Å²) in [6.45, 7) is 4.70. The average Bonchev–Trinajstić information content (AvgIpc) is 1.54. The van der Waals surface area contributed by atoms with Gasteiger partial charge in [-0.3, -0.25) is 9.97 Å². The number of aromatic nitrogens is 5. The first-order valence-electron chi connectivity index (χ1n) is 39.1. The summed E-state index contributed by atoms with van der Waals surface area (Å²) < 4.78 is 7.27. The first kappa shape index (κ1) is 63.2. The van der Waals surface area contributed by atoms with Crippen molar-refractivity contribution in [3.8, 4) is 95.0 Å². The highest BCUT2D eigenvalue weighted by Crippen LogP contribution is 2.55. The summed E-state index contributed by atoms with van der Waals surface area (Å²) in [5, 5.41) is 15.1. The summed E-state index contributed by atoms with van der Waals surface area (Å²) >= 11 is 0. The lowest BCUT2D eigenvalue weighted by atomic mass is 9.82. The predicted octanol–water partition coefficient (Wildman–Crippen LogP) is 28.5. The molecule has 22 aromatic rings. The van der Waals surface area contributed by atoms with Crippen LogP contribution in [-0.2, 0) is 5.41 Å². The Morgan fingerprint density at radius 3 is 1.13 bits per heavy atom. The molecule has 5 aromatic heterocycles. The normalized spacial score (nSPS) is 12.8. The lowest BCUT2D eigenvalue weighted by Crippen LogP contribution is -2.16. The second kappa shape index (κ2) is 24.1. The maximum Gasteiger partial charge on any atom is 0.0949 e. The Morgan fingerprint density at radius 1 is 0.239 bits per heavy atom. The second-order valence-electron chi connectivity index (χ2n) is 31.1. The van der Waals surface area contributed by atoms with Crippen LogP contribution in [0.3, 0.4) is 0 Å². The number of pyridine rings is 2. The number of rotatable bonds is 8. The van der Waals surface area contributed by atoms with Gasteiger partial charge in [0.15, 0.2) is 0 Å². The van der Waals surface area contributed by atoms with E-state index in [0.29, 0.717) is 0 Å². The number of fused-ring (bicyclic) bond motifs is 16. The second-order valence-corrected chi connectivity index (χ2v) is 31.1. The van der Waals surface area contributed by atoms with Gasteiger partial charge in [0.2, 0.25) is 0 Å². The molecule has 526 valence electrons. The minimum atomic E-state index is -0.0803. The highest BCUT2D eigenvalue weighted by molar-refractivity contribution is 6.35. The third-order valence-corrected chi connectivity index (χ3v) is 24.8. The van der Waals surface area contributed by atoms with Gasteiger partial charge in [0, 0.05) is 95.0 Å². The molecule has 0 N–H and O–H groups in total. The SMILES string of the molecule is CC1(C)c2ccccc2-c2ccc(N(c3ccccc3)c3ccc(-c4ccc(-n5c6ccc7cccc8c7c6c6c(cc7cccnc7c65)-c5ccccc5-8)cc4)cc3)cc21.c1ccc2c(c1)-c1cccc3ccc4c(c13)c1c-2cc2cccnc2c1n4-c1ccc(-c2ccc(-n3c4ccccc4c4ccccc43)cc2)cc1. The molecule has 25 rings (SSSR count). The van der Waals surface area contributed by atoms with Crippen LogP contribution in [0.4, 0.5) is 17.1 Å². The van der Waals surface area contributed by atoms with E-state index in [1.54, 1.807) is 0 Å². The van der Waals surface area contributed by atoms with E-state index in [4.69, 9.17) is 9.97 Å². The van der Waals surface area contributed by atoms with Gasteiger partial charge in [-0.1, -0.05) is 257 Å². The van der Waals surface area contributed by atoms with Crippen molar-refractivity contribution in [2.45, 2.75) is 19.3 Å². The highest BCUT2D eigenvalue weighted by atomic mass is 15.1. The molecule has 5 heterocycles. The molecule has 0 aliphatic heterocycles. The lowest BCUT2D eigenvalue weighted by Gasteiger charge is -2.28. The summed E-state index contributed by atoms with van der Waals surface area (Å²) in [5.74, 6) is 0. The maximum absolute atomic E-state index is 5.06. The van der Waals surface area contributed by atoms with Crippen molar-refractivity contribution in [3.63, 3.8) is 0 Å². The van der Waals surface area contributed by atoms with Crippen molar-refractivity contribution in [2.75, 3.05) is 4.90 Å². The number of anilines is 3. The molecule has 0 atom stereocenters. The summed E-state index contributed by atoms with van der Waals surface area (Å²) in [7, 11) is 0. The van der Waals surface area contributed by atoms with Crippen molar-refractivity contribution >= 4 is 126 Å². The van der Waals surface area contributed by atoms with Crippen molar-refractivity contribution < 1.29 is 0 Å². The third kappa shape index (κ3) is 9.23. The molecule has 0 unspecified atom stereocenters. The topological polar surface area (TPSA) is 43.8 Å². The van der Waals surface area contributed by atoms with E-state index in [0.717, 1.165) is 67.0 Å². The van der Waals surface area contributed by atoms with Crippen molar-refractivity contribution in [3.05, 3.63) is 388 Å². The Kier molecular flexibility index (Phi) is 13.5. The van der Waals surface area contributed by atoms with Crippen LogP contribution in [-0.4, -0.2) is 23.7 Å². The number of benzene rings is 17. The molecule has 0 bridgehead atoms. The van der Waals surface area contributed by atoms with Crippen molar-refractivity contribution in [2.24, 2.45) is 0 Å². The molecule has 6 nitrogen and oxygen atoms in total. The van der Waals surface area contributed by atoms with Crippen molar-refractivity contribution in [1.29, 1.82) is 0 Å². The Bertz CT molecular complexity index is 7740. The van der Waals surface area contributed by atoms with Gasteiger partial charge in [0.25, 0.3) is 0 Å². The van der Waals surface area contributed by atoms with E-state index >= 15 is 0 Å². The Labute approximate surface area is 651 Å². The van der Waals surface area contributed by atoms with Gasteiger partial charge in [-0.15, -0.1) is 0 Å². The monoisotopic (exact) mass is 1440 g/mol. The van der Waals surface area contributed by atoms with Crippen LogP contribution >= 0.6 is 0 Å². The van der Waals surface area contributed by atoms with Gasteiger partial charge in [0.05, 0.1) is 44.1 Å². The van der Waals surface area contributed by atoms with Gasteiger partial charge in [-0.2, -0.15) is 0 Å². The zero-order valence-corrected chi connectivity index (χ0v) is 62.0. The zero-order valence-electron chi connectivity index (χ0n) is 62.0. The summed E-state index contributed by atoms with van der Waals surface area (Å²) in [5.41, 5.74) is 36.2. The van der Waals surface area contributed by atoms with Gasteiger partial charge < -0.3 is 18.6 Å². The lowest BCUT2D eigenvalue weighted by molar-refractivity contribution is 0.660. The summed E-state index contributed by atoms with van der Waals surface area (Å²) in [6, 6.07) is 134. The fraction of sp³-hybridized carbons (Fsp3) is 0.0280. The first-order valence-corrected chi connectivity index (χ1v) is 39.1. The van der Waals surface area contributed by atoms with Gasteiger partial charge in [-0.05, 0) is 232 Å². The van der Waals surface area contributed by atoms with E-state index in [1.807, 2.05) is 24.5 Å². The van der Waals surface area contributed by atoms with Crippen LogP contribution in [0.25, 0.3) is 204 Å². The average molecular weight is 1440 g/mol. The molecule has 0 radical (unpaired) electrons. The van der Waals surface area contributed by atoms with Gasteiger partial charge in [-0.25, -0.2) is 0 Å². The molecule has 113 heavy (non-hydrogen) atoms. The summed E-state index contributed by atoms with van der Waals surface area (Å²) in [4.78, 5) is 12.5. The fourth-order valence-electron chi connectivity index (χ4n) is 19.8. The van der Waals surface area contributed by atoms with Crippen LogP contribution in [0.5, 0.6) is 0 Å². The zero-order chi connectivity index (χ0) is 74.3. The minimum Gasteiger partial charge on any atom is -0.310 e. The smallest absolute Gasteiger partial charge is 0.0949 e. The molecule has 3 aliphatic rings. The molecule has 0 saturated heterocycles. The highest BCUT2D eigenvalue weighted by Gasteiger charge is 2.36. The van der Waals surface area contributed by atoms with E-state index in [1.165, 1.54) is 165 Å². The molecular weight excluding hydrogens is 1370 g/mol. The van der Waals surface area contributed by atoms with Crippen LogP contribution < -0.4 is 4.90 Å². The van der Waals surface area contributed by atoms with Gasteiger partial charge >= 0.3 is 0 Å². The number of para-hydroxylation sites is 3. The van der Waals surface area contributed by atoms with Crippen LogP contribution in [0.1, 0.15) is 25.0 Å². The van der Waals surface area contributed by atoms with Crippen LogP contribution in [0, 0.1) is 0 Å². The van der Waals surface area contributed by atoms with E-state index < -0.39 is 0 Å². The fourth-order valence-corrected chi connectivity index (χ4v) is 19.8. The Hall–Kier alpha value is -14.7. The Morgan fingerprint density at radius 2 is 0.628 bits per heavy atom. The molecule has 0 amide bonds. The molecule has 17 aromatic carbocycles. The molecule has 0 spiro atoms. The first-order chi connectivity index (χ1) is 55.8. The van der Waals surface area contributed by atoms with Crippen LogP contribution in [0.2, 0.25) is 0 Å². The third-order valence-electron chi connectivity index (χ3n) is 24.8. The quantitative estimate of drug-likeness (QED) is 0.152. The largest absolute Gasteiger partial charge is 0.310 e. The standard InChI is InChI=1S/C58H39N3.C49H29N3/c1-58(2)50-20-9-8-18-46(50)47-31-30-43(35-51(47)58)60(40-14-4-3-5-15-40)41-26-21-36(22-27-41)37-23-28-42(29-24-37)61-52-32-25-38-12-10-19-48-44-16-6-7-17-45(44)49-34-39-13-11-33-59-56(39)57(61)54(49)55(52)53(38)48;1-2-12-37-36(11-1)40-15-7-9-32-22-27-44-47(45(32)40)46-41(37)29-33-10-8-28-50-48(33)49(46)52(44)35-25-20-31(21-26-35)30-18-23-34(24-19-30)51-42-16-5-3-13-38(42)39-14-4-6-17-43(39)51/h3-35H,1-2H3;1-29H. The molecule has 3 aliphatic carbocycles. The minimum absolute atomic E-state index is 0.0803. The number of hydrogen-bond acceptors (Lipinski definition) is 3. The summed E-state index contributed by atoms with van der Waals surface area (Å²) in [6.07, 6.45) is 3.85. The maximum atomic E-state index is 5.06. The molecule has 0 saturated carbocycles. The number of hydrogen-bond donors (Lipinski definition) is 0. The van der Waals surface area contributed by atoms with E-state index in [-0.39, 0.29) is 5.41 Å². The van der Waals surface area contributed by atoms with Crippen molar-refractivity contribution in [1.82, 2.24) is 23.7 Å². The van der Waals surface area contributed by atoms with E-state index in [9.17, 15) is 0 Å². The Balaban J connectivity index is 0.000000133. The molecular formula is C107H68N6. The number of nitrogens with zero attached hydrogens (tertiary/aromatic N) is 6. The molecule has 6 heteroatoms. The van der Waals surface area contributed by atoms with E-state index in [2.05, 4.69) is 384 Å². The molecule has 0 fully saturated rings.